The minimum Gasteiger partial charge on any atom is -0.454 e. The summed E-state index contributed by atoms with van der Waals surface area (Å²) in [6, 6.07) is 11.3. The molecule has 1 aliphatic rings. The van der Waals surface area contributed by atoms with Gasteiger partial charge in [0.25, 0.3) is 5.91 Å². The molecule has 0 saturated heterocycles. The maximum absolute atomic E-state index is 12.7. The van der Waals surface area contributed by atoms with Gasteiger partial charge in [-0.05, 0) is 36.6 Å². The lowest BCUT2D eigenvalue weighted by Gasteiger charge is -2.28. The number of benzene rings is 2. The molecular weight excluding hydrogens is 440 g/mol. The van der Waals surface area contributed by atoms with Gasteiger partial charge in [0.15, 0.2) is 6.61 Å². The first-order valence-electron chi connectivity index (χ1n) is 9.60. The summed E-state index contributed by atoms with van der Waals surface area (Å²) in [4.78, 5) is 26.3. The highest BCUT2D eigenvalue weighted by molar-refractivity contribution is 7.89. The van der Waals surface area contributed by atoms with Crippen LogP contribution in [-0.4, -0.2) is 53.1 Å². The highest BCUT2D eigenvalue weighted by Gasteiger charge is 2.27. The van der Waals surface area contributed by atoms with Crippen molar-refractivity contribution in [1.82, 2.24) is 18.4 Å². The number of aromatic nitrogens is 2. The molecule has 0 spiro atoms. The Bertz CT molecular complexity index is 1240. The number of nitrogens with one attached hydrogen (secondary N) is 1. The maximum atomic E-state index is 12.7. The number of rotatable bonds is 6. The summed E-state index contributed by atoms with van der Waals surface area (Å²) in [7, 11) is -4.04. The summed E-state index contributed by atoms with van der Waals surface area (Å²) in [5, 5.41) is 0. The zero-order valence-electron chi connectivity index (χ0n) is 16.6. The van der Waals surface area contributed by atoms with E-state index in [1.165, 1.54) is 18.6 Å². The molecule has 0 bridgehead atoms. The van der Waals surface area contributed by atoms with Crippen molar-refractivity contribution in [2.45, 2.75) is 30.8 Å². The Morgan fingerprint density at radius 1 is 1.16 bits per heavy atom. The van der Waals surface area contributed by atoms with Crippen molar-refractivity contribution in [3.8, 4) is 0 Å². The molecule has 31 heavy (non-hydrogen) atoms. The maximum Gasteiger partial charge on any atom is 0.324 e. The van der Waals surface area contributed by atoms with Gasteiger partial charge < -0.3 is 9.64 Å². The van der Waals surface area contributed by atoms with E-state index in [9.17, 15) is 18.0 Å². The summed E-state index contributed by atoms with van der Waals surface area (Å²) >= 11 is 0.903. The van der Waals surface area contributed by atoms with E-state index in [4.69, 9.17) is 4.74 Å². The lowest BCUT2D eigenvalue weighted by molar-refractivity contribution is -0.153. The lowest BCUT2D eigenvalue weighted by atomic mass is 10.00. The molecule has 1 atom stereocenters. The van der Waals surface area contributed by atoms with Crippen LogP contribution in [0.25, 0.3) is 11.0 Å². The lowest BCUT2D eigenvalue weighted by Crippen LogP contribution is -2.42. The van der Waals surface area contributed by atoms with E-state index in [2.05, 4.69) is 13.5 Å². The van der Waals surface area contributed by atoms with Crippen LogP contribution in [0.3, 0.4) is 0 Å². The van der Waals surface area contributed by atoms with E-state index in [-0.39, 0.29) is 16.3 Å². The van der Waals surface area contributed by atoms with Crippen molar-refractivity contribution >= 4 is 44.7 Å². The van der Waals surface area contributed by atoms with E-state index < -0.39 is 28.6 Å². The monoisotopic (exact) mass is 460 g/mol. The van der Waals surface area contributed by atoms with Gasteiger partial charge >= 0.3 is 5.97 Å². The molecule has 2 aromatic carbocycles. The summed E-state index contributed by atoms with van der Waals surface area (Å²) in [5.74, 6) is -1.16. The van der Waals surface area contributed by atoms with Gasteiger partial charge in [-0.2, -0.15) is 13.5 Å². The van der Waals surface area contributed by atoms with Gasteiger partial charge in [-0.15, -0.1) is 0 Å². The van der Waals surface area contributed by atoms with Crippen LogP contribution in [0.15, 0.2) is 47.4 Å². The van der Waals surface area contributed by atoms with Crippen molar-refractivity contribution < 1.29 is 22.7 Å². The Morgan fingerprint density at radius 3 is 2.74 bits per heavy atom. The number of hydrogen-bond acceptors (Lipinski definition) is 8. The number of amides is 1. The number of esters is 1. The Kier molecular flexibility index (Phi) is 5.99. The summed E-state index contributed by atoms with van der Waals surface area (Å²) in [6.45, 7) is 1.92. The molecule has 1 N–H and O–H groups in total. The van der Waals surface area contributed by atoms with Crippen molar-refractivity contribution in [2.75, 3.05) is 13.2 Å². The molecule has 11 heteroatoms. The molecule has 9 nitrogen and oxygen atoms in total. The molecule has 0 fully saturated rings. The standard InChI is InChI=1S/C20H20N4O5S2/c1-13(23-31(27,28)17-8-4-7-16-19(17)22-30-21-16)20(26)29-12-18(25)24-10-9-14-5-2-3-6-15(14)11-24/h2-8,13,23H,9-12H2,1H3/t13-/m1/s1. The van der Waals surface area contributed by atoms with Gasteiger partial charge in [0.05, 0.1) is 11.7 Å². The Hall–Kier alpha value is -2.89. The minimum atomic E-state index is -4.04. The topological polar surface area (TPSA) is 119 Å². The summed E-state index contributed by atoms with van der Waals surface area (Å²) in [6.07, 6.45) is 0.739. The second-order valence-corrected chi connectivity index (χ2v) is 9.38. The van der Waals surface area contributed by atoms with E-state index in [0.29, 0.717) is 18.6 Å². The van der Waals surface area contributed by atoms with Crippen molar-refractivity contribution in [3.63, 3.8) is 0 Å². The fourth-order valence-corrected chi connectivity index (χ4v) is 5.36. The molecule has 4 rings (SSSR count). The molecule has 0 saturated carbocycles. The van der Waals surface area contributed by atoms with Crippen LogP contribution < -0.4 is 4.72 Å². The van der Waals surface area contributed by atoms with Gasteiger partial charge in [-0.3, -0.25) is 9.59 Å². The number of fused-ring (bicyclic) bond motifs is 2. The molecule has 1 aliphatic heterocycles. The van der Waals surface area contributed by atoms with E-state index >= 15 is 0 Å². The molecule has 2 heterocycles. The highest BCUT2D eigenvalue weighted by atomic mass is 32.2. The first-order chi connectivity index (χ1) is 14.8. The van der Waals surface area contributed by atoms with E-state index in [1.807, 2.05) is 24.3 Å². The van der Waals surface area contributed by atoms with E-state index in [0.717, 1.165) is 23.7 Å². The number of carbonyl (C=O) groups excluding carboxylic acids is 2. The van der Waals surface area contributed by atoms with Crippen LogP contribution in [0.4, 0.5) is 0 Å². The number of sulfonamides is 1. The van der Waals surface area contributed by atoms with Crippen LogP contribution in [0.1, 0.15) is 18.1 Å². The largest absolute Gasteiger partial charge is 0.454 e. The van der Waals surface area contributed by atoms with Crippen LogP contribution >= 0.6 is 11.7 Å². The Labute approximate surface area is 183 Å². The molecule has 3 aromatic rings. The predicted octanol–water partition coefficient (Wildman–Crippen LogP) is 1.49. The van der Waals surface area contributed by atoms with Crippen molar-refractivity contribution in [2.24, 2.45) is 0 Å². The average molecular weight is 461 g/mol. The first-order valence-corrected chi connectivity index (χ1v) is 11.8. The van der Waals surface area contributed by atoms with Crippen LogP contribution in [0.5, 0.6) is 0 Å². The molecule has 0 aliphatic carbocycles. The third-order valence-electron chi connectivity index (χ3n) is 5.05. The van der Waals surface area contributed by atoms with Gasteiger partial charge in [0, 0.05) is 13.1 Å². The van der Waals surface area contributed by atoms with Gasteiger partial charge in [-0.25, -0.2) is 8.42 Å². The van der Waals surface area contributed by atoms with Crippen LogP contribution in [-0.2, 0) is 37.3 Å². The van der Waals surface area contributed by atoms with E-state index in [1.54, 1.807) is 17.0 Å². The third-order valence-corrected chi connectivity index (χ3v) is 7.16. The SMILES string of the molecule is C[C@@H](NS(=O)(=O)c1cccc2nsnc12)C(=O)OCC(=O)N1CCc2ccccc2C1. The van der Waals surface area contributed by atoms with Gasteiger partial charge in [0.1, 0.15) is 22.0 Å². The Balaban J connectivity index is 1.35. The first kappa shape index (κ1) is 21.3. The van der Waals surface area contributed by atoms with Crippen molar-refractivity contribution in [1.29, 1.82) is 0 Å². The number of ether oxygens (including phenoxy) is 1. The molecule has 0 radical (unpaired) electrons. The zero-order chi connectivity index (χ0) is 22.0. The molecular formula is C20H20N4O5S2. The predicted molar refractivity (Wildman–Crippen MR) is 114 cm³/mol. The average Bonchev–Trinajstić information content (AvgIpc) is 3.25. The summed E-state index contributed by atoms with van der Waals surface area (Å²) < 4.78 is 40.8. The third kappa shape index (κ3) is 4.58. The second-order valence-electron chi connectivity index (χ2n) is 7.17. The quantitative estimate of drug-likeness (QED) is 0.554. The van der Waals surface area contributed by atoms with Crippen LogP contribution in [0, 0.1) is 0 Å². The van der Waals surface area contributed by atoms with Gasteiger partial charge in [0.2, 0.25) is 10.0 Å². The van der Waals surface area contributed by atoms with Crippen LogP contribution in [0.2, 0.25) is 0 Å². The fraction of sp³-hybridized carbons (Fsp3) is 0.300. The Morgan fingerprint density at radius 2 is 1.94 bits per heavy atom. The zero-order valence-corrected chi connectivity index (χ0v) is 18.3. The minimum absolute atomic E-state index is 0.0681. The fourth-order valence-electron chi connectivity index (χ4n) is 3.40. The smallest absolute Gasteiger partial charge is 0.324 e. The molecule has 1 aromatic heterocycles. The number of carbonyl (C=O) groups is 2. The van der Waals surface area contributed by atoms with Gasteiger partial charge in [-0.1, -0.05) is 30.3 Å². The number of hydrogen-bond donors (Lipinski definition) is 1. The van der Waals surface area contributed by atoms with Crippen molar-refractivity contribution in [3.05, 3.63) is 53.6 Å². The second kappa shape index (κ2) is 8.69. The molecule has 1 amide bonds. The number of nitrogens with zero attached hydrogens (tertiary/aromatic N) is 3. The normalized spacial score (nSPS) is 14.8. The highest BCUT2D eigenvalue weighted by Crippen LogP contribution is 2.21. The molecule has 162 valence electrons. The summed E-state index contributed by atoms with van der Waals surface area (Å²) in [5.41, 5.74) is 2.97. The molecule has 0 unspecified atom stereocenters.